The minimum atomic E-state index is 0.655. The standard InChI is InChI=1S/C22H20ClN3OS/c1-4-27-17-8-5-15(6-9-17)19-14(3)28-22-20(19)21(24-12-25-22)26-18-10-7-16(23)11-13(18)2/h5-12H,4H2,1-3H3,(H,24,25,26). The summed E-state index contributed by atoms with van der Waals surface area (Å²) in [6.45, 7) is 6.79. The van der Waals surface area contributed by atoms with Crippen LogP contribution in [0.4, 0.5) is 11.5 Å². The Bertz CT molecular complexity index is 1140. The van der Waals surface area contributed by atoms with Gasteiger partial charge in [-0.05, 0) is 62.2 Å². The number of halogens is 1. The largest absolute Gasteiger partial charge is 0.494 e. The summed E-state index contributed by atoms with van der Waals surface area (Å²) in [5.74, 6) is 1.67. The second-order valence-corrected chi connectivity index (χ2v) is 8.12. The van der Waals surface area contributed by atoms with Gasteiger partial charge < -0.3 is 10.1 Å². The van der Waals surface area contributed by atoms with Crippen molar-refractivity contribution >= 4 is 44.7 Å². The maximum atomic E-state index is 6.10. The molecule has 0 saturated carbocycles. The number of rotatable bonds is 5. The van der Waals surface area contributed by atoms with Gasteiger partial charge in [-0.15, -0.1) is 11.3 Å². The highest BCUT2D eigenvalue weighted by molar-refractivity contribution is 7.19. The molecule has 0 spiro atoms. The van der Waals surface area contributed by atoms with E-state index in [0.717, 1.165) is 49.2 Å². The molecular weight excluding hydrogens is 390 g/mol. The molecule has 4 nitrogen and oxygen atoms in total. The molecule has 2 heterocycles. The Labute approximate surface area is 173 Å². The van der Waals surface area contributed by atoms with Gasteiger partial charge in [-0.3, -0.25) is 0 Å². The molecule has 2 aromatic heterocycles. The minimum absolute atomic E-state index is 0.655. The normalized spacial score (nSPS) is 11.0. The zero-order valence-electron chi connectivity index (χ0n) is 15.9. The molecule has 0 aliphatic rings. The van der Waals surface area contributed by atoms with Crippen LogP contribution in [0.2, 0.25) is 5.02 Å². The third-order valence-electron chi connectivity index (χ3n) is 4.56. The zero-order chi connectivity index (χ0) is 19.7. The van der Waals surface area contributed by atoms with Gasteiger partial charge in [-0.1, -0.05) is 23.7 Å². The molecule has 0 unspecified atom stereocenters. The Morgan fingerprint density at radius 3 is 2.57 bits per heavy atom. The number of hydrogen-bond acceptors (Lipinski definition) is 5. The minimum Gasteiger partial charge on any atom is -0.494 e. The predicted molar refractivity (Wildman–Crippen MR) is 118 cm³/mol. The number of nitrogens with one attached hydrogen (secondary N) is 1. The number of benzene rings is 2. The number of aromatic nitrogens is 2. The third kappa shape index (κ3) is 3.55. The van der Waals surface area contributed by atoms with Crippen LogP contribution in [0.15, 0.2) is 48.8 Å². The number of thiophene rings is 1. The first-order chi connectivity index (χ1) is 13.6. The highest BCUT2D eigenvalue weighted by Crippen LogP contribution is 2.41. The Morgan fingerprint density at radius 1 is 1.07 bits per heavy atom. The highest BCUT2D eigenvalue weighted by Gasteiger charge is 2.17. The maximum absolute atomic E-state index is 6.10. The predicted octanol–water partition coefficient (Wildman–Crippen LogP) is 6.77. The van der Waals surface area contributed by atoms with E-state index in [4.69, 9.17) is 16.3 Å². The molecule has 2 aromatic carbocycles. The molecule has 0 bridgehead atoms. The molecule has 28 heavy (non-hydrogen) atoms. The van der Waals surface area contributed by atoms with Crippen LogP contribution in [-0.2, 0) is 0 Å². The molecule has 0 saturated heterocycles. The highest BCUT2D eigenvalue weighted by atomic mass is 35.5. The molecular formula is C22H20ClN3OS. The Hall–Kier alpha value is -2.63. The number of hydrogen-bond donors (Lipinski definition) is 1. The van der Waals surface area contributed by atoms with Crippen LogP contribution in [0, 0.1) is 13.8 Å². The summed E-state index contributed by atoms with van der Waals surface area (Å²) in [6.07, 6.45) is 1.60. The molecule has 0 amide bonds. The van der Waals surface area contributed by atoms with Crippen molar-refractivity contribution in [1.29, 1.82) is 0 Å². The summed E-state index contributed by atoms with van der Waals surface area (Å²) in [4.78, 5) is 11.2. The van der Waals surface area contributed by atoms with E-state index in [0.29, 0.717) is 6.61 Å². The SMILES string of the molecule is CCOc1ccc(-c2c(C)sc3ncnc(Nc4ccc(Cl)cc4C)c23)cc1. The monoisotopic (exact) mass is 409 g/mol. The van der Waals surface area contributed by atoms with Gasteiger partial charge in [0.25, 0.3) is 0 Å². The van der Waals surface area contributed by atoms with Gasteiger partial charge in [-0.25, -0.2) is 9.97 Å². The van der Waals surface area contributed by atoms with Crippen molar-refractivity contribution in [2.45, 2.75) is 20.8 Å². The van der Waals surface area contributed by atoms with E-state index in [1.807, 2.05) is 44.2 Å². The quantitative estimate of drug-likeness (QED) is 0.395. The van der Waals surface area contributed by atoms with Crippen molar-refractivity contribution in [3.8, 4) is 16.9 Å². The Morgan fingerprint density at radius 2 is 1.86 bits per heavy atom. The summed E-state index contributed by atoms with van der Waals surface area (Å²) < 4.78 is 5.58. The lowest BCUT2D eigenvalue weighted by molar-refractivity contribution is 0.340. The zero-order valence-corrected chi connectivity index (χ0v) is 17.5. The average molecular weight is 410 g/mol. The summed E-state index contributed by atoms with van der Waals surface area (Å²) in [7, 11) is 0. The molecule has 0 aliphatic heterocycles. The van der Waals surface area contributed by atoms with Gasteiger partial charge in [0.1, 0.15) is 22.7 Å². The molecule has 0 fully saturated rings. The smallest absolute Gasteiger partial charge is 0.143 e. The summed E-state index contributed by atoms with van der Waals surface area (Å²) in [6, 6.07) is 14.0. The van der Waals surface area contributed by atoms with E-state index < -0.39 is 0 Å². The lowest BCUT2D eigenvalue weighted by atomic mass is 10.0. The van der Waals surface area contributed by atoms with Crippen molar-refractivity contribution in [1.82, 2.24) is 9.97 Å². The molecule has 4 aromatic rings. The molecule has 142 valence electrons. The van der Waals surface area contributed by atoms with Crippen LogP contribution in [0.3, 0.4) is 0 Å². The van der Waals surface area contributed by atoms with E-state index in [-0.39, 0.29) is 0 Å². The van der Waals surface area contributed by atoms with Crippen molar-refractivity contribution in [3.05, 3.63) is 64.3 Å². The van der Waals surface area contributed by atoms with E-state index in [2.05, 4.69) is 34.3 Å². The first kappa shape index (κ1) is 18.7. The number of anilines is 2. The Balaban J connectivity index is 1.82. The first-order valence-electron chi connectivity index (χ1n) is 9.07. The maximum Gasteiger partial charge on any atom is 0.143 e. The molecule has 1 N–H and O–H groups in total. The van der Waals surface area contributed by atoms with Crippen LogP contribution in [0.1, 0.15) is 17.4 Å². The van der Waals surface area contributed by atoms with Crippen molar-refractivity contribution in [2.75, 3.05) is 11.9 Å². The topological polar surface area (TPSA) is 47.0 Å². The molecule has 0 atom stereocenters. The molecule has 6 heteroatoms. The molecule has 0 radical (unpaired) electrons. The van der Waals surface area contributed by atoms with E-state index in [9.17, 15) is 0 Å². The van der Waals surface area contributed by atoms with Crippen molar-refractivity contribution < 1.29 is 4.74 Å². The van der Waals surface area contributed by atoms with E-state index >= 15 is 0 Å². The summed E-state index contributed by atoms with van der Waals surface area (Å²) in [5, 5.41) is 5.22. The third-order valence-corrected chi connectivity index (χ3v) is 5.81. The number of fused-ring (bicyclic) bond motifs is 1. The lowest BCUT2D eigenvalue weighted by Crippen LogP contribution is -1.97. The van der Waals surface area contributed by atoms with Gasteiger partial charge in [0, 0.05) is 21.2 Å². The second kappa shape index (κ2) is 7.78. The number of ether oxygens (including phenoxy) is 1. The van der Waals surface area contributed by atoms with Crippen LogP contribution in [-0.4, -0.2) is 16.6 Å². The fraction of sp³-hybridized carbons (Fsp3) is 0.182. The number of nitrogens with zero attached hydrogens (tertiary/aromatic N) is 2. The summed E-state index contributed by atoms with van der Waals surface area (Å²) in [5.41, 5.74) is 4.32. The van der Waals surface area contributed by atoms with Crippen LogP contribution in [0.25, 0.3) is 21.3 Å². The summed E-state index contributed by atoms with van der Waals surface area (Å²) >= 11 is 7.77. The van der Waals surface area contributed by atoms with Crippen molar-refractivity contribution in [2.24, 2.45) is 0 Å². The number of aryl methyl sites for hydroxylation is 2. The van der Waals surface area contributed by atoms with Crippen LogP contribution >= 0.6 is 22.9 Å². The Kier molecular flexibility index (Phi) is 5.20. The average Bonchev–Trinajstić information content (AvgIpc) is 3.02. The van der Waals surface area contributed by atoms with Crippen LogP contribution in [0.5, 0.6) is 5.75 Å². The molecule has 4 rings (SSSR count). The van der Waals surface area contributed by atoms with Crippen molar-refractivity contribution in [3.63, 3.8) is 0 Å². The fourth-order valence-electron chi connectivity index (χ4n) is 3.27. The van der Waals surface area contributed by atoms with Gasteiger partial charge in [0.05, 0.1) is 12.0 Å². The van der Waals surface area contributed by atoms with E-state index in [1.54, 1.807) is 17.7 Å². The van der Waals surface area contributed by atoms with Gasteiger partial charge in [0.2, 0.25) is 0 Å². The first-order valence-corrected chi connectivity index (χ1v) is 10.3. The van der Waals surface area contributed by atoms with Gasteiger partial charge in [0.15, 0.2) is 0 Å². The van der Waals surface area contributed by atoms with E-state index in [1.165, 1.54) is 4.88 Å². The van der Waals surface area contributed by atoms with Crippen LogP contribution < -0.4 is 10.1 Å². The second-order valence-electron chi connectivity index (χ2n) is 6.48. The van der Waals surface area contributed by atoms with Gasteiger partial charge >= 0.3 is 0 Å². The lowest BCUT2D eigenvalue weighted by Gasteiger charge is -2.12. The fourth-order valence-corrected chi connectivity index (χ4v) is 4.51. The molecule has 0 aliphatic carbocycles. The van der Waals surface area contributed by atoms with Gasteiger partial charge in [-0.2, -0.15) is 0 Å².